The Labute approximate surface area is 105 Å². The fourth-order valence-corrected chi connectivity index (χ4v) is 1.87. The van der Waals surface area contributed by atoms with Crippen LogP contribution in [0.25, 0.3) is 0 Å². The number of ether oxygens (including phenoxy) is 3. The number of carbonyl (C=O) groups is 2. The van der Waals surface area contributed by atoms with E-state index in [0.29, 0.717) is 5.56 Å². The Morgan fingerprint density at radius 2 is 1.78 bits per heavy atom. The molecule has 1 aliphatic rings. The monoisotopic (exact) mass is 250 g/mol. The van der Waals surface area contributed by atoms with Crippen LogP contribution < -0.4 is 0 Å². The van der Waals surface area contributed by atoms with Gasteiger partial charge in [0.25, 0.3) is 0 Å². The molecule has 96 valence electrons. The van der Waals surface area contributed by atoms with Crippen LogP contribution in [0, 0.1) is 0 Å². The summed E-state index contributed by atoms with van der Waals surface area (Å²) >= 11 is 0. The van der Waals surface area contributed by atoms with E-state index in [0.717, 1.165) is 5.56 Å². The van der Waals surface area contributed by atoms with Crippen molar-refractivity contribution in [1.29, 1.82) is 0 Å². The first-order chi connectivity index (χ1) is 8.52. The highest BCUT2D eigenvalue weighted by Crippen LogP contribution is 2.46. The summed E-state index contributed by atoms with van der Waals surface area (Å²) in [7, 11) is 2.65. The van der Waals surface area contributed by atoms with Crippen LogP contribution in [0.15, 0.2) is 24.3 Å². The maximum atomic E-state index is 11.4. The largest absolute Gasteiger partial charge is 0.467 e. The van der Waals surface area contributed by atoms with Gasteiger partial charge in [-0.15, -0.1) is 0 Å². The van der Waals surface area contributed by atoms with Crippen molar-refractivity contribution >= 4 is 11.9 Å². The minimum atomic E-state index is -0.665. The number of methoxy groups -OCH3 is 2. The van der Waals surface area contributed by atoms with Crippen LogP contribution in [0.4, 0.5) is 0 Å². The van der Waals surface area contributed by atoms with Crippen molar-refractivity contribution in [2.45, 2.75) is 18.6 Å². The van der Waals surface area contributed by atoms with Gasteiger partial charge in [0.15, 0.2) is 6.10 Å². The predicted octanol–water partition coefficient (Wildman–Crippen LogP) is 1.26. The van der Waals surface area contributed by atoms with E-state index in [4.69, 9.17) is 4.74 Å². The third-order valence-corrected chi connectivity index (χ3v) is 3.10. The molecule has 0 aliphatic carbocycles. The smallest absolute Gasteiger partial charge is 0.338 e. The SMILES string of the molecule is COC(=O)c1ccc(C2(C)OC2C(=O)OC)cc1. The van der Waals surface area contributed by atoms with Crippen LogP contribution in [-0.4, -0.2) is 32.3 Å². The zero-order chi connectivity index (χ0) is 13.3. The molecule has 0 aromatic heterocycles. The van der Waals surface area contributed by atoms with Gasteiger partial charge in [-0.1, -0.05) is 12.1 Å². The summed E-state index contributed by atoms with van der Waals surface area (Å²) in [5.74, 6) is -0.789. The highest BCUT2D eigenvalue weighted by molar-refractivity contribution is 5.89. The van der Waals surface area contributed by atoms with Crippen LogP contribution in [0.1, 0.15) is 22.8 Å². The number of rotatable bonds is 3. The second kappa shape index (κ2) is 4.42. The highest BCUT2D eigenvalue weighted by Gasteiger charge is 2.59. The first kappa shape index (κ1) is 12.6. The maximum Gasteiger partial charge on any atom is 0.338 e. The average Bonchev–Trinajstić information content (AvgIpc) is 3.11. The summed E-state index contributed by atoms with van der Waals surface area (Å²) in [6.07, 6.45) is -0.577. The lowest BCUT2D eigenvalue weighted by atomic mass is 9.96. The molecule has 0 amide bonds. The number of benzene rings is 1. The van der Waals surface area contributed by atoms with E-state index < -0.39 is 23.6 Å². The Bertz CT molecular complexity index is 479. The predicted molar refractivity (Wildman–Crippen MR) is 62.0 cm³/mol. The van der Waals surface area contributed by atoms with Crippen molar-refractivity contribution in [2.75, 3.05) is 14.2 Å². The Kier molecular flexibility index (Phi) is 3.09. The summed E-state index contributed by atoms with van der Waals surface area (Å²) in [6.45, 7) is 1.81. The van der Waals surface area contributed by atoms with E-state index in [-0.39, 0.29) is 0 Å². The minimum absolute atomic E-state index is 0.394. The van der Waals surface area contributed by atoms with Crippen LogP contribution in [-0.2, 0) is 24.6 Å². The van der Waals surface area contributed by atoms with E-state index in [1.807, 2.05) is 6.92 Å². The Morgan fingerprint density at radius 1 is 1.17 bits per heavy atom. The molecule has 1 saturated heterocycles. The molecule has 1 aliphatic heterocycles. The van der Waals surface area contributed by atoms with E-state index in [9.17, 15) is 9.59 Å². The first-order valence-corrected chi connectivity index (χ1v) is 5.47. The molecule has 0 bridgehead atoms. The average molecular weight is 250 g/mol. The van der Waals surface area contributed by atoms with Crippen LogP contribution in [0.5, 0.6) is 0 Å². The molecule has 2 atom stereocenters. The molecule has 5 nitrogen and oxygen atoms in total. The van der Waals surface area contributed by atoms with Crippen molar-refractivity contribution in [3.05, 3.63) is 35.4 Å². The van der Waals surface area contributed by atoms with Gasteiger partial charge < -0.3 is 14.2 Å². The van der Waals surface area contributed by atoms with Crippen LogP contribution in [0.3, 0.4) is 0 Å². The Morgan fingerprint density at radius 3 is 2.28 bits per heavy atom. The van der Waals surface area contributed by atoms with Gasteiger partial charge in [0.2, 0.25) is 0 Å². The molecule has 5 heteroatoms. The van der Waals surface area contributed by atoms with Gasteiger partial charge in [-0.2, -0.15) is 0 Å². The summed E-state index contributed by atoms with van der Waals surface area (Å²) in [4.78, 5) is 22.6. The maximum absolute atomic E-state index is 11.4. The quantitative estimate of drug-likeness (QED) is 0.597. The summed E-state index contributed by atoms with van der Waals surface area (Å²) in [5.41, 5.74) is 0.618. The van der Waals surface area contributed by atoms with Gasteiger partial charge in [-0.05, 0) is 24.6 Å². The van der Waals surface area contributed by atoms with Crippen molar-refractivity contribution in [1.82, 2.24) is 0 Å². The molecule has 1 heterocycles. The van der Waals surface area contributed by atoms with E-state index >= 15 is 0 Å². The fourth-order valence-electron chi connectivity index (χ4n) is 1.87. The minimum Gasteiger partial charge on any atom is -0.467 e. The number of epoxide rings is 1. The normalized spacial score (nSPS) is 25.4. The van der Waals surface area contributed by atoms with E-state index in [2.05, 4.69) is 9.47 Å². The van der Waals surface area contributed by atoms with Gasteiger partial charge in [0, 0.05) is 0 Å². The number of hydrogen-bond donors (Lipinski definition) is 0. The lowest BCUT2D eigenvalue weighted by Crippen LogP contribution is -2.17. The van der Waals surface area contributed by atoms with Crippen molar-refractivity contribution in [3.8, 4) is 0 Å². The molecule has 0 saturated carbocycles. The number of esters is 2. The van der Waals surface area contributed by atoms with Gasteiger partial charge in [-0.25, -0.2) is 9.59 Å². The molecule has 1 aromatic rings. The van der Waals surface area contributed by atoms with Crippen LogP contribution >= 0.6 is 0 Å². The van der Waals surface area contributed by atoms with Gasteiger partial charge in [-0.3, -0.25) is 0 Å². The molecule has 1 aromatic carbocycles. The molecule has 1 fully saturated rings. The summed E-state index contributed by atoms with van der Waals surface area (Å²) < 4.78 is 14.6. The third kappa shape index (κ3) is 1.97. The Balaban J connectivity index is 2.17. The molecule has 0 radical (unpaired) electrons. The first-order valence-electron chi connectivity index (χ1n) is 5.47. The van der Waals surface area contributed by atoms with Crippen LogP contribution in [0.2, 0.25) is 0 Å². The number of hydrogen-bond acceptors (Lipinski definition) is 5. The third-order valence-electron chi connectivity index (χ3n) is 3.10. The summed E-state index contributed by atoms with van der Waals surface area (Å²) in [5, 5.41) is 0. The fraction of sp³-hybridized carbons (Fsp3) is 0.385. The van der Waals surface area contributed by atoms with E-state index in [1.54, 1.807) is 24.3 Å². The van der Waals surface area contributed by atoms with Gasteiger partial charge in [0.1, 0.15) is 5.60 Å². The summed E-state index contributed by atoms with van der Waals surface area (Å²) in [6, 6.07) is 6.77. The highest BCUT2D eigenvalue weighted by atomic mass is 16.6. The molecule has 0 N–H and O–H groups in total. The molecule has 18 heavy (non-hydrogen) atoms. The standard InChI is InChI=1S/C13H14O5/c1-13(10(18-13)12(15)17-3)9-6-4-8(5-7-9)11(14)16-2/h4-7,10H,1-3H3. The van der Waals surface area contributed by atoms with Crippen molar-refractivity contribution in [3.63, 3.8) is 0 Å². The second-order valence-electron chi connectivity index (χ2n) is 4.20. The van der Waals surface area contributed by atoms with Gasteiger partial charge >= 0.3 is 11.9 Å². The molecular weight excluding hydrogens is 236 g/mol. The topological polar surface area (TPSA) is 65.1 Å². The lowest BCUT2D eigenvalue weighted by molar-refractivity contribution is -0.142. The molecular formula is C13H14O5. The number of carbonyl (C=O) groups excluding carboxylic acids is 2. The molecule has 0 spiro atoms. The zero-order valence-corrected chi connectivity index (χ0v) is 10.4. The zero-order valence-electron chi connectivity index (χ0n) is 10.4. The Hall–Kier alpha value is -1.88. The lowest BCUT2D eigenvalue weighted by Gasteiger charge is -2.07. The second-order valence-corrected chi connectivity index (χ2v) is 4.20. The van der Waals surface area contributed by atoms with Gasteiger partial charge in [0.05, 0.1) is 19.8 Å². The van der Waals surface area contributed by atoms with Crippen molar-refractivity contribution in [2.24, 2.45) is 0 Å². The van der Waals surface area contributed by atoms with E-state index in [1.165, 1.54) is 14.2 Å². The molecule has 2 unspecified atom stereocenters. The molecule has 2 rings (SSSR count). The van der Waals surface area contributed by atoms with Crippen molar-refractivity contribution < 1.29 is 23.8 Å².